The van der Waals surface area contributed by atoms with Crippen molar-refractivity contribution >= 4 is 17.6 Å². The summed E-state index contributed by atoms with van der Waals surface area (Å²) in [5.41, 5.74) is 3.94. The smallest absolute Gasteiger partial charge is 0.338 e. The number of amides is 1. The van der Waals surface area contributed by atoms with E-state index >= 15 is 0 Å². The first-order valence-corrected chi connectivity index (χ1v) is 8.19. The molecule has 0 fully saturated rings. The first-order valence-electron chi connectivity index (χ1n) is 8.19. The number of hydrogen-bond acceptors (Lipinski definition) is 4. The first kappa shape index (κ1) is 18.5. The van der Waals surface area contributed by atoms with Crippen molar-refractivity contribution in [2.24, 2.45) is 0 Å². The van der Waals surface area contributed by atoms with Gasteiger partial charge in [-0.1, -0.05) is 18.2 Å². The Hall–Kier alpha value is -2.82. The van der Waals surface area contributed by atoms with Crippen LogP contribution in [0, 0.1) is 20.8 Å². The molecule has 5 nitrogen and oxygen atoms in total. The average Bonchev–Trinajstić information content (AvgIpc) is 2.58. The summed E-state index contributed by atoms with van der Waals surface area (Å²) < 4.78 is 10.6. The van der Waals surface area contributed by atoms with E-state index in [0.29, 0.717) is 23.6 Å². The minimum Gasteiger partial charge on any atom is -0.483 e. The Morgan fingerprint density at radius 3 is 2.52 bits per heavy atom. The molecule has 0 saturated heterocycles. The molecule has 1 N–H and O–H groups in total. The van der Waals surface area contributed by atoms with Gasteiger partial charge in [-0.25, -0.2) is 4.79 Å². The second-order valence-electron chi connectivity index (χ2n) is 5.79. The lowest BCUT2D eigenvalue weighted by atomic mass is 10.1. The van der Waals surface area contributed by atoms with Gasteiger partial charge in [-0.15, -0.1) is 0 Å². The maximum absolute atomic E-state index is 12.2. The van der Waals surface area contributed by atoms with Crippen molar-refractivity contribution in [2.75, 3.05) is 18.5 Å². The van der Waals surface area contributed by atoms with Gasteiger partial charge in [-0.2, -0.15) is 0 Å². The van der Waals surface area contributed by atoms with Crippen molar-refractivity contribution in [1.82, 2.24) is 0 Å². The van der Waals surface area contributed by atoms with E-state index in [4.69, 9.17) is 9.47 Å². The second kappa shape index (κ2) is 8.33. The molecule has 5 heteroatoms. The Morgan fingerprint density at radius 1 is 1.04 bits per heavy atom. The van der Waals surface area contributed by atoms with Gasteiger partial charge in [0.15, 0.2) is 6.61 Å². The lowest BCUT2D eigenvalue weighted by Crippen LogP contribution is -2.21. The van der Waals surface area contributed by atoms with Gasteiger partial charge < -0.3 is 14.8 Å². The molecule has 0 saturated carbocycles. The van der Waals surface area contributed by atoms with Gasteiger partial charge in [0.05, 0.1) is 12.2 Å². The standard InChI is InChI=1S/C20H23NO4/c1-5-24-20(23)16-10-9-14(3)17(11-16)21-19(22)12-25-18-8-6-7-13(2)15(18)4/h6-11H,5,12H2,1-4H3,(H,21,22). The summed E-state index contributed by atoms with van der Waals surface area (Å²) in [6, 6.07) is 10.8. The molecule has 25 heavy (non-hydrogen) atoms. The number of esters is 1. The van der Waals surface area contributed by atoms with Gasteiger partial charge in [0.1, 0.15) is 5.75 Å². The zero-order valence-corrected chi connectivity index (χ0v) is 15.0. The van der Waals surface area contributed by atoms with Crippen LogP contribution in [0.15, 0.2) is 36.4 Å². The fraction of sp³-hybridized carbons (Fsp3) is 0.300. The number of carbonyl (C=O) groups excluding carboxylic acids is 2. The van der Waals surface area contributed by atoms with Crippen molar-refractivity contribution in [3.63, 3.8) is 0 Å². The molecule has 132 valence electrons. The van der Waals surface area contributed by atoms with E-state index in [1.54, 1.807) is 25.1 Å². The average molecular weight is 341 g/mol. The number of carbonyl (C=O) groups is 2. The quantitative estimate of drug-likeness (QED) is 0.812. The molecule has 2 aromatic carbocycles. The third kappa shape index (κ3) is 4.83. The van der Waals surface area contributed by atoms with Gasteiger partial charge in [0, 0.05) is 5.69 Å². The molecule has 0 radical (unpaired) electrons. The highest BCUT2D eigenvalue weighted by Crippen LogP contribution is 2.21. The van der Waals surface area contributed by atoms with Crippen molar-refractivity contribution in [3.05, 3.63) is 58.7 Å². The molecule has 0 aliphatic heterocycles. The topological polar surface area (TPSA) is 64.6 Å². The van der Waals surface area contributed by atoms with Gasteiger partial charge in [0.25, 0.3) is 5.91 Å². The first-order chi connectivity index (χ1) is 11.9. The number of hydrogen-bond donors (Lipinski definition) is 1. The molecule has 2 aromatic rings. The predicted octanol–water partition coefficient (Wildman–Crippen LogP) is 3.81. The Balaban J connectivity index is 2.03. The maximum Gasteiger partial charge on any atom is 0.338 e. The van der Waals surface area contributed by atoms with E-state index in [2.05, 4.69) is 5.32 Å². The minimum atomic E-state index is -0.412. The monoisotopic (exact) mass is 341 g/mol. The molecule has 0 unspecified atom stereocenters. The zero-order valence-electron chi connectivity index (χ0n) is 15.0. The summed E-state index contributed by atoms with van der Waals surface area (Å²) in [7, 11) is 0. The number of rotatable bonds is 6. The van der Waals surface area contributed by atoms with E-state index in [1.165, 1.54) is 0 Å². The van der Waals surface area contributed by atoms with Crippen molar-refractivity contribution in [3.8, 4) is 5.75 Å². The number of ether oxygens (including phenoxy) is 2. The summed E-state index contributed by atoms with van der Waals surface area (Å²) in [5, 5.41) is 2.78. The number of anilines is 1. The van der Waals surface area contributed by atoms with Crippen LogP contribution in [0.1, 0.15) is 34.0 Å². The SMILES string of the molecule is CCOC(=O)c1ccc(C)c(NC(=O)COc2cccc(C)c2C)c1. The molecule has 0 spiro atoms. The molecular weight excluding hydrogens is 318 g/mol. The Bertz CT molecular complexity index is 783. The van der Waals surface area contributed by atoms with E-state index in [0.717, 1.165) is 16.7 Å². The largest absolute Gasteiger partial charge is 0.483 e. The Kier molecular flexibility index (Phi) is 6.17. The number of aryl methyl sites for hydroxylation is 2. The van der Waals surface area contributed by atoms with Crippen molar-refractivity contribution in [2.45, 2.75) is 27.7 Å². The molecule has 2 rings (SSSR count). The van der Waals surface area contributed by atoms with Gasteiger partial charge in [0.2, 0.25) is 0 Å². The number of benzene rings is 2. The van der Waals surface area contributed by atoms with E-state index in [9.17, 15) is 9.59 Å². The molecular formula is C20H23NO4. The highest BCUT2D eigenvalue weighted by molar-refractivity contribution is 5.96. The summed E-state index contributed by atoms with van der Waals surface area (Å²) >= 11 is 0. The Labute approximate surface area is 148 Å². The minimum absolute atomic E-state index is 0.104. The molecule has 0 aliphatic carbocycles. The third-order valence-electron chi connectivity index (χ3n) is 3.94. The van der Waals surface area contributed by atoms with E-state index < -0.39 is 5.97 Å². The molecule has 0 bridgehead atoms. The predicted molar refractivity (Wildman–Crippen MR) is 97.2 cm³/mol. The van der Waals surface area contributed by atoms with Crippen LogP contribution in [0.4, 0.5) is 5.69 Å². The fourth-order valence-corrected chi connectivity index (χ4v) is 2.31. The van der Waals surface area contributed by atoms with Crippen LogP contribution in [-0.2, 0) is 9.53 Å². The normalized spacial score (nSPS) is 10.2. The van der Waals surface area contributed by atoms with Gasteiger partial charge in [-0.05, 0) is 62.6 Å². The van der Waals surface area contributed by atoms with Crippen LogP contribution < -0.4 is 10.1 Å². The maximum atomic E-state index is 12.2. The van der Waals surface area contributed by atoms with Crippen LogP contribution in [-0.4, -0.2) is 25.1 Å². The second-order valence-corrected chi connectivity index (χ2v) is 5.79. The molecule has 0 aliphatic rings. The van der Waals surface area contributed by atoms with Crippen LogP contribution in [0.2, 0.25) is 0 Å². The van der Waals surface area contributed by atoms with Crippen LogP contribution in [0.5, 0.6) is 5.75 Å². The van der Waals surface area contributed by atoms with Crippen LogP contribution >= 0.6 is 0 Å². The van der Waals surface area contributed by atoms with E-state index in [-0.39, 0.29) is 12.5 Å². The summed E-state index contributed by atoms with van der Waals surface area (Å²) in [6.45, 7) is 7.75. The lowest BCUT2D eigenvalue weighted by molar-refractivity contribution is -0.118. The molecule has 0 atom stereocenters. The summed E-state index contributed by atoms with van der Waals surface area (Å²) in [5.74, 6) is -0.0122. The van der Waals surface area contributed by atoms with Crippen LogP contribution in [0.25, 0.3) is 0 Å². The fourth-order valence-electron chi connectivity index (χ4n) is 2.31. The molecule has 1 amide bonds. The lowest BCUT2D eigenvalue weighted by Gasteiger charge is -2.13. The highest BCUT2D eigenvalue weighted by Gasteiger charge is 2.12. The zero-order chi connectivity index (χ0) is 18.4. The summed E-state index contributed by atoms with van der Waals surface area (Å²) in [4.78, 5) is 24.0. The summed E-state index contributed by atoms with van der Waals surface area (Å²) in [6.07, 6.45) is 0. The highest BCUT2D eigenvalue weighted by atomic mass is 16.5. The number of nitrogens with one attached hydrogen (secondary N) is 1. The molecule has 0 heterocycles. The van der Waals surface area contributed by atoms with Gasteiger partial charge in [-0.3, -0.25) is 4.79 Å². The Morgan fingerprint density at radius 2 is 1.80 bits per heavy atom. The van der Waals surface area contributed by atoms with E-state index in [1.807, 2.05) is 39.0 Å². The van der Waals surface area contributed by atoms with Gasteiger partial charge >= 0.3 is 5.97 Å². The third-order valence-corrected chi connectivity index (χ3v) is 3.94. The van der Waals surface area contributed by atoms with Crippen molar-refractivity contribution in [1.29, 1.82) is 0 Å². The molecule has 0 aromatic heterocycles. The van der Waals surface area contributed by atoms with Crippen molar-refractivity contribution < 1.29 is 19.1 Å². The van der Waals surface area contributed by atoms with Crippen LogP contribution in [0.3, 0.4) is 0 Å².